The van der Waals surface area contributed by atoms with Gasteiger partial charge in [-0.25, -0.2) is 8.42 Å². The Morgan fingerprint density at radius 2 is 1.65 bits per heavy atom. The molecule has 1 N–H and O–H groups in total. The molecule has 34 heavy (non-hydrogen) atoms. The molecule has 0 radical (unpaired) electrons. The van der Waals surface area contributed by atoms with Gasteiger partial charge >= 0.3 is 0 Å². The number of anilines is 1. The zero-order chi connectivity index (χ0) is 24.1. The number of ether oxygens (including phenoxy) is 1. The average molecular weight is 496 g/mol. The number of nitrogens with zero attached hydrogens (tertiary/aromatic N) is 2. The zero-order valence-corrected chi connectivity index (χ0v) is 19.7. The highest BCUT2D eigenvalue weighted by Gasteiger charge is 2.33. The van der Waals surface area contributed by atoms with Crippen LogP contribution >= 0.6 is 11.6 Å². The first-order valence-electron chi connectivity index (χ1n) is 10.7. The second-order valence-electron chi connectivity index (χ2n) is 7.83. The smallest absolute Gasteiger partial charge is 0.244 e. The first-order valence-corrected chi connectivity index (χ1v) is 12.5. The molecule has 1 heterocycles. The van der Waals surface area contributed by atoms with E-state index in [9.17, 15) is 18.5 Å². The maximum atomic E-state index is 13.0. The molecule has 0 aromatic heterocycles. The van der Waals surface area contributed by atoms with Gasteiger partial charge in [-0.3, -0.25) is 4.79 Å². The Morgan fingerprint density at radius 1 is 1.00 bits per heavy atom. The number of carbonyl (C=O) groups is 1. The number of piperidine rings is 1. The van der Waals surface area contributed by atoms with Crippen molar-refractivity contribution >= 4 is 33.2 Å². The van der Waals surface area contributed by atoms with Crippen molar-refractivity contribution in [2.75, 3.05) is 18.4 Å². The molecule has 1 saturated heterocycles. The van der Waals surface area contributed by atoms with E-state index in [1.54, 1.807) is 48.5 Å². The van der Waals surface area contributed by atoms with Gasteiger partial charge in [0.1, 0.15) is 17.6 Å². The van der Waals surface area contributed by atoms with Crippen molar-refractivity contribution < 1.29 is 17.9 Å². The van der Waals surface area contributed by atoms with E-state index in [0.29, 0.717) is 35.1 Å². The van der Waals surface area contributed by atoms with Gasteiger partial charge in [-0.1, -0.05) is 35.9 Å². The molecule has 0 bridgehead atoms. The first-order chi connectivity index (χ1) is 16.4. The molecule has 1 amide bonds. The van der Waals surface area contributed by atoms with E-state index in [4.69, 9.17) is 16.3 Å². The Kier molecular flexibility index (Phi) is 7.17. The van der Waals surface area contributed by atoms with E-state index in [1.165, 1.54) is 16.4 Å². The molecule has 7 nitrogen and oxygen atoms in total. The third kappa shape index (κ3) is 5.23. The van der Waals surface area contributed by atoms with Gasteiger partial charge in [-0.15, -0.1) is 0 Å². The van der Waals surface area contributed by atoms with Crippen LogP contribution in [0, 0.1) is 17.2 Å². The summed E-state index contributed by atoms with van der Waals surface area (Å²) in [7, 11) is -3.79. The summed E-state index contributed by atoms with van der Waals surface area (Å²) in [4.78, 5) is 12.7. The Labute approximate surface area is 203 Å². The Balaban J connectivity index is 1.34. The molecular weight excluding hydrogens is 474 g/mol. The van der Waals surface area contributed by atoms with Crippen molar-refractivity contribution in [1.29, 1.82) is 5.26 Å². The number of hydrogen-bond donors (Lipinski definition) is 1. The molecule has 9 heteroatoms. The summed E-state index contributed by atoms with van der Waals surface area (Å²) in [6, 6.07) is 22.2. The summed E-state index contributed by atoms with van der Waals surface area (Å²) >= 11 is 6.11. The van der Waals surface area contributed by atoms with Crippen LogP contribution in [-0.2, 0) is 14.8 Å². The van der Waals surface area contributed by atoms with Gasteiger partial charge < -0.3 is 10.1 Å². The molecule has 0 unspecified atom stereocenters. The second kappa shape index (κ2) is 10.3. The van der Waals surface area contributed by atoms with E-state index in [-0.39, 0.29) is 35.4 Å². The number of carbonyl (C=O) groups excluding carboxylic acids is 1. The summed E-state index contributed by atoms with van der Waals surface area (Å²) in [6.45, 7) is 0.426. The maximum absolute atomic E-state index is 13.0. The Morgan fingerprint density at radius 3 is 2.32 bits per heavy atom. The highest BCUT2D eigenvalue weighted by Crippen LogP contribution is 2.30. The summed E-state index contributed by atoms with van der Waals surface area (Å²) < 4.78 is 33.0. The van der Waals surface area contributed by atoms with Crippen molar-refractivity contribution in [1.82, 2.24) is 4.31 Å². The molecule has 1 fully saturated rings. The third-order valence-electron chi connectivity index (χ3n) is 5.64. The van der Waals surface area contributed by atoms with E-state index in [1.807, 2.05) is 18.2 Å². The minimum absolute atomic E-state index is 0.000463. The molecule has 0 aliphatic carbocycles. The number of nitriles is 1. The fraction of sp³-hybridized carbons (Fsp3) is 0.200. The molecule has 1 aliphatic heterocycles. The lowest BCUT2D eigenvalue weighted by Gasteiger charge is -2.30. The van der Waals surface area contributed by atoms with Gasteiger partial charge in [-0.2, -0.15) is 9.57 Å². The maximum Gasteiger partial charge on any atom is 0.244 e. The number of hydrogen-bond acceptors (Lipinski definition) is 5. The number of sulfonamides is 1. The van der Waals surface area contributed by atoms with E-state index >= 15 is 0 Å². The number of para-hydroxylation sites is 1. The lowest BCUT2D eigenvalue weighted by atomic mass is 9.97. The Hall–Kier alpha value is -3.38. The van der Waals surface area contributed by atoms with Gasteiger partial charge in [0.05, 0.1) is 15.5 Å². The van der Waals surface area contributed by atoms with Crippen LogP contribution in [-0.4, -0.2) is 31.7 Å². The predicted molar refractivity (Wildman–Crippen MR) is 129 cm³/mol. The average Bonchev–Trinajstić information content (AvgIpc) is 2.86. The fourth-order valence-electron chi connectivity index (χ4n) is 3.79. The number of rotatable bonds is 6. The SMILES string of the molecule is N#Cc1ccccc1S(=O)(=O)N1CCC(C(=O)Nc2ccc(Oc3ccccc3Cl)cc2)CC1. The van der Waals surface area contributed by atoms with Crippen LogP contribution in [0.15, 0.2) is 77.7 Å². The normalized spacial score (nSPS) is 14.8. The van der Waals surface area contributed by atoms with Crippen molar-refractivity contribution in [2.24, 2.45) is 5.92 Å². The lowest BCUT2D eigenvalue weighted by molar-refractivity contribution is -0.120. The van der Waals surface area contributed by atoms with Crippen molar-refractivity contribution in [3.8, 4) is 17.6 Å². The first kappa shape index (κ1) is 23.8. The lowest BCUT2D eigenvalue weighted by Crippen LogP contribution is -2.41. The van der Waals surface area contributed by atoms with E-state index in [2.05, 4.69) is 5.32 Å². The van der Waals surface area contributed by atoms with Crippen LogP contribution in [0.2, 0.25) is 5.02 Å². The summed E-state index contributed by atoms with van der Waals surface area (Å²) in [5, 5.41) is 12.6. The molecule has 3 aromatic carbocycles. The number of halogens is 1. The van der Waals surface area contributed by atoms with Gasteiger partial charge in [0.25, 0.3) is 0 Å². The highest BCUT2D eigenvalue weighted by molar-refractivity contribution is 7.89. The second-order valence-corrected chi connectivity index (χ2v) is 10.1. The van der Waals surface area contributed by atoms with Gasteiger partial charge in [0.2, 0.25) is 15.9 Å². The molecule has 1 aliphatic rings. The molecule has 0 atom stereocenters. The van der Waals surface area contributed by atoms with Crippen molar-refractivity contribution in [2.45, 2.75) is 17.7 Å². The number of benzene rings is 3. The highest BCUT2D eigenvalue weighted by atomic mass is 35.5. The van der Waals surface area contributed by atoms with Crippen LogP contribution in [0.25, 0.3) is 0 Å². The number of amides is 1. The van der Waals surface area contributed by atoms with Gasteiger partial charge in [0.15, 0.2) is 0 Å². The summed E-state index contributed by atoms with van der Waals surface area (Å²) in [6.07, 6.45) is 0.793. The molecule has 4 rings (SSSR count). The topological polar surface area (TPSA) is 99.5 Å². The largest absolute Gasteiger partial charge is 0.456 e. The Bertz CT molecular complexity index is 1330. The van der Waals surface area contributed by atoms with Crippen LogP contribution in [0.3, 0.4) is 0 Å². The van der Waals surface area contributed by atoms with Crippen molar-refractivity contribution in [3.05, 3.63) is 83.4 Å². The van der Waals surface area contributed by atoms with Gasteiger partial charge in [-0.05, 0) is 61.4 Å². The predicted octanol–water partition coefficient (Wildman–Crippen LogP) is 5.04. The summed E-state index contributed by atoms with van der Waals surface area (Å²) in [5.41, 5.74) is 0.735. The molecule has 3 aromatic rings. The minimum atomic E-state index is -3.79. The minimum Gasteiger partial charge on any atom is -0.456 e. The van der Waals surface area contributed by atoms with Crippen LogP contribution in [0.4, 0.5) is 5.69 Å². The molecule has 0 saturated carbocycles. The van der Waals surface area contributed by atoms with Crippen molar-refractivity contribution in [3.63, 3.8) is 0 Å². The molecular formula is C25H22ClN3O4S. The summed E-state index contributed by atoms with van der Waals surface area (Å²) in [5.74, 6) is 0.660. The quantitative estimate of drug-likeness (QED) is 0.516. The van der Waals surface area contributed by atoms with Crippen LogP contribution in [0.1, 0.15) is 18.4 Å². The van der Waals surface area contributed by atoms with Gasteiger partial charge in [0, 0.05) is 24.7 Å². The van der Waals surface area contributed by atoms with E-state index in [0.717, 1.165) is 0 Å². The zero-order valence-electron chi connectivity index (χ0n) is 18.1. The third-order valence-corrected chi connectivity index (χ3v) is 7.91. The molecule has 174 valence electrons. The monoisotopic (exact) mass is 495 g/mol. The van der Waals surface area contributed by atoms with E-state index < -0.39 is 10.0 Å². The standard InChI is InChI=1S/C25H22ClN3O4S/c26-22-6-2-3-7-23(22)33-21-11-9-20(10-12-21)28-25(30)18-13-15-29(16-14-18)34(31,32)24-8-4-1-5-19(24)17-27/h1-12,18H,13-16H2,(H,28,30). The fourth-order valence-corrected chi connectivity index (χ4v) is 5.57. The van der Waals surface area contributed by atoms with Crippen LogP contribution in [0.5, 0.6) is 11.5 Å². The number of nitrogens with one attached hydrogen (secondary N) is 1. The molecule has 0 spiro atoms. The van der Waals surface area contributed by atoms with Crippen LogP contribution < -0.4 is 10.1 Å².